The summed E-state index contributed by atoms with van der Waals surface area (Å²) < 4.78 is 11.2. The highest BCUT2D eigenvalue weighted by Gasteiger charge is 2.25. The first-order valence-corrected chi connectivity index (χ1v) is 8.22. The molecule has 7 nitrogen and oxygen atoms in total. The van der Waals surface area contributed by atoms with E-state index in [9.17, 15) is 0 Å². The van der Waals surface area contributed by atoms with Gasteiger partial charge in [0.2, 0.25) is 0 Å². The molecular formula is C18H19N5O2. The van der Waals surface area contributed by atoms with E-state index in [2.05, 4.69) is 32.4 Å². The maximum atomic E-state index is 5.74. The molecule has 1 unspecified atom stereocenters. The van der Waals surface area contributed by atoms with Gasteiger partial charge in [-0.2, -0.15) is 4.98 Å². The second-order valence-corrected chi connectivity index (χ2v) is 5.97. The van der Waals surface area contributed by atoms with Crippen molar-refractivity contribution in [2.45, 2.75) is 6.04 Å². The molecule has 0 radical (unpaired) electrons. The highest BCUT2D eigenvalue weighted by atomic mass is 16.5. The fraction of sp³-hybridized carbons (Fsp3) is 0.278. The Bertz CT molecular complexity index is 819. The number of hydrogen-bond donors (Lipinski definition) is 1. The Morgan fingerprint density at radius 1 is 1.20 bits per heavy atom. The molecule has 1 saturated heterocycles. The lowest BCUT2D eigenvalue weighted by atomic mass is 10.2. The van der Waals surface area contributed by atoms with Crippen LogP contribution in [0.25, 0.3) is 11.5 Å². The molecule has 25 heavy (non-hydrogen) atoms. The van der Waals surface area contributed by atoms with E-state index in [0.717, 1.165) is 30.9 Å². The quantitative estimate of drug-likeness (QED) is 0.784. The molecule has 1 aliphatic heterocycles. The fourth-order valence-electron chi connectivity index (χ4n) is 2.79. The summed E-state index contributed by atoms with van der Waals surface area (Å²) in [5.41, 5.74) is 0.865. The third-order valence-corrected chi connectivity index (χ3v) is 4.22. The van der Waals surface area contributed by atoms with Crippen molar-refractivity contribution in [2.75, 3.05) is 26.7 Å². The summed E-state index contributed by atoms with van der Waals surface area (Å²) in [6.07, 6.45) is 3.38. The van der Waals surface area contributed by atoms with Crippen molar-refractivity contribution >= 4 is 0 Å². The molecule has 128 valence electrons. The number of likely N-dealkylation sites (N-methyl/N-ethyl adjacent to an activating group) is 1. The van der Waals surface area contributed by atoms with Crippen LogP contribution in [0.5, 0.6) is 11.5 Å². The van der Waals surface area contributed by atoms with Gasteiger partial charge in [-0.15, -0.1) is 0 Å². The van der Waals surface area contributed by atoms with Crippen molar-refractivity contribution in [1.82, 2.24) is 25.3 Å². The molecule has 0 spiro atoms. The minimum atomic E-state index is 0.138. The predicted octanol–water partition coefficient (Wildman–Crippen LogP) is 2.50. The van der Waals surface area contributed by atoms with Gasteiger partial charge >= 0.3 is 0 Å². The van der Waals surface area contributed by atoms with Gasteiger partial charge in [-0.1, -0.05) is 5.16 Å². The molecule has 3 heterocycles. The van der Waals surface area contributed by atoms with Gasteiger partial charge in [0, 0.05) is 31.4 Å². The normalized spacial score (nSPS) is 18.2. The van der Waals surface area contributed by atoms with Crippen molar-refractivity contribution in [1.29, 1.82) is 0 Å². The van der Waals surface area contributed by atoms with Crippen molar-refractivity contribution in [3.8, 4) is 23.0 Å². The lowest BCUT2D eigenvalue weighted by Crippen LogP contribution is -2.44. The number of ether oxygens (including phenoxy) is 1. The van der Waals surface area contributed by atoms with Crippen LogP contribution >= 0.6 is 0 Å². The first-order valence-electron chi connectivity index (χ1n) is 8.22. The average Bonchev–Trinajstić information content (AvgIpc) is 3.13. The van der Waals surface area contributed by atoms with Crippen molar-refractivity contribution < 1.29 is 9.26 Å². The van der Waals surface area contributed by atoms with E-state index in [0.29, 0.717) is 17.5 Å². The molecular weight excluding hydrogens is 318 g/mol. The van der Waals surface area contributed by atoms with Crippen LogP contribution in [-0.4, -0.2) is 46.7 Å². The Kier molecular flexibility index (Phi) is 4.41. The molecule has 1 fully saturated rings. The SMILES string of the molecule is CN1CCNCC1c1noc(-c2ccc(Oc3cccnc3)cc2)n1. The Hall–Kier alpha value is -2.77. The number of nitrogens with zero attached hydrogens (tertiary/aromatic N) is 4. The van der Waals surface area contributed by atoms with E-state index < -0.39 is 0 Å². The second kappa shape index (κ2) is 7.00. The summed E-state index contributed by atoms with van der Waals surface area (Å²) in [7, 11) is 2.08. The molecule has 0 amide bonds. The summed E-state index contributed by atoms with van der Waals surface area (Å²) >= 11 is 0. The fourth-order valence-corrected chi connectivity index (χ4v) is 2.79. The van der Waals surface area contributed by atoms with Crippen molar-refractivity contribution in [3.05, 3.63) is 54.6 Å². The van der Waals surface area contributed by atoms with E-state index in [-0.39, 0.29) is 6.04 Å². The summed E-state index contributed by atoms with van der Waals surface area (Å²) in [5, 5.41) is 7.51. The molecule has 0 bridgehead atoms. The average molecular weight is 337 g/mol. The monoisotopic (exact) mass is 337 g/mol. The lowest BCUT2D eigenvalue weighted by Gasteiger charge is -2.30. The van der Waals surface area contributed by atoms with E-state index in [1.165, 1.54) is 0 Å². The number of nitrogens with one attached hydrogen (secondary N) is 1. The number of aromatic nitrogens is 3. The van der Waals surface area contributed by atoms with E-state index in [1.54, 1.807) is 12.4 Å². The second-order valence-electron chi connectivity index (χ2n) is 5.97. The molecule has 0 saturated carbocycles. The highest BCUT2D eigenvalue weighted by Crippen LogP contribution is 2.26. The van der Waals surface area contributed by atoms with Gasteiger partial charge in [0.25, 0.3) is 5.89 Å². The summed E-state index contributed by atoms with van der Waals surface area (Å²) in [6.45, 7) is 2.78. The Morgan fingerprint density at radius 2 is 2.08 bits per heavy atom. The number of hydrogen-bond acceptors (Lipinski definition) is 7. The van der Waals surface area contributed by atoms with Crippen LogP contribution in [0, 0.1) is 0 Å². The molecule has 1 N–H and O–H groups in total. The van der Waals surface area contributed by atoms with E-state index >= 15 is 0 Å². The molecule has 7 heteroatoms. The summed E-state index contributed by atoms with van der Waals surface area (Å²) in [5.74, 6) is 2.65. The van der Waals surface area contributed by atoms with Crippen LogP contribution in [0.15, 0.2) is 53.3 Å². The number of piperazine rings is 1. The van der Waals surface area contributed by atoms with Gasteiger partial charge in [0.05, 0.1) is 12.2 Å². The summed E-state index contributed by atoms with van der Waals surface area (Å²) in [4.78, 5) is 10.8. The minimum absolute atomic E-state index is 0.138. The smallest absolute Gasteiger partial charge is 0.257 e. The molecule has 4 rings (SSSR count). The topological polar surface area (TPSA) is 76.3 Å². The number of pyridine rings is 1. The predicted molar refractivity (Wildman–Crippen MR) is 92.3 cm³/mol. The Balaban J connectivity index is 1.49. The zero-order chi connectivity index (χ0) is 17.1. The molecule has 1 aliphatic rings. The lowest BCUT2D eigenvalue weighted by molar-refractivity contribution is 0.190. The molecule has 2 aromatic heterocycles. The zero-order valence-corrected chi connectivity index (χ0v) is 13.9. The Morgan fingerprint density at radius 3 is 2.84 bits per heavy atom. The third-order valence-electron chi connectivity index (χ3n) is 4.22. The van der Waals surface area contributed by atoms with Crippen molar-refractivity contribution in [2.24, 2.45) is 0 Å². The van der Waals surface area contributed by atoms with Crippen molar-refractivity contribution in [3.63, 3.8) is 0 Å². The standard InChI is InChI=1S/C18H19N5O2/c1-23-10-9-20-12-16(23)17-21-18(25-22-17)13-4-6-14(7-5-13)24-15-3-2-8-19-11-15/h2-8,11,16,20H,9-10,12H2,1H3. The third kappa shape index (κ3) is 3.52. The molecule has 1 atom stereocenters. The van der Waals surface area contributed by atoms with E-state index in [4.69, 9.17) is 9.26 Å². The highest BCUT2D eigenvalue weighted by molar-refractivity contribution is 5.54. The maximum Gasteiger partial charge on any atom is 0.257 e. The first kappa shape index (κ1) is 15.7. The van der Waals surface area contributed by atoms with Crippen LogP contribution in [0.4, 0.5) is 0 Å². The molecule has 3 aromatic rings. The minimum Gasteiger partial charge on any atom is -0.456 e. The van der Waals surface area contributed by atoms with Gasteiger partial charge < -0.3 is 14.6 Å². The van der Waals surface area contributed by atoms with E-state index in [1.807, 2.05) is 36.4 Å². The number of benzene rings is 1. The Labute approximate surface area is 145 Å². The van der Waals surface area contributed by atoms with Crippen LogP contribution < -0.4 is 10.1 Å². The largest absolute Gasteiger partial charge is 0.456 e. The maximum absolute atomic E-state index is 5.74. The van der Waals surface area contributed by atoms with Gasteiger partial charge in [-0.25, -0.2) is 0 Å². The van der Waals surface area contributed by atoms with Gasteiger partial charge in [-0.3, -0.25) is 9.88 Å². The van der Waals surface area contributed by atoms with Crippen LogP contribution in [0.3, 0.4) is 0 Å². The van der Waals surface area contributed by atoms with Crippen LogP contribution in [-0.2, 0) is 0 Å². The van der Waals surface area contributed by atoms with Gasteiger partial charge in [0.15, 0.2) is 5.82 Å². The van der Waals surface area contributed by atoms with Gasteiger partial charge in [-0.05, 0) is 43.4 Å². The molecule has 1 aromatic carbocycles. The van der Waals surface area contributed by atoms with Crippen LogP contribution in [0.1, 0.15) is 11.9 Å². The first-order chi connectivity index (χ1) is 12.3. The van der Waals surface area contributed by atoms with Gasteiger partial charge in [0.1, 0.15) is 11.5 Å². The summed E-state index contributed by atoms with van der Waals surface area (Å²) in [6, 6.07) is 11.4. The molecule has 0 aliphatic carbocycles. The number of rotatable bonds is 4. The zero-order valence-electron chi connectivity index (χ0n) is 13.9. The van der Waals surface area contributed by atoms with Crippen LogP contribution in [0.2, 0.25) is 0 Å².